The van der Waals surface area contributed by atoms with Crippen LogP contribution in [0, 0.1) is 0 Å². The summed E-state index contributed by atoms with van der Waals surface area (Å²) >= 11 is 5.90. The summed E-state index contributed by atoms with van der Waals surface area (Å²) in [5, 5.41) is 6.25. The van der Waals surface area contributed by atoms with Crippen molar-refractivity contribution >= 4 is 24.0 Å². The third-order valence-electron chi connectivity index (χ3n) is 2.75. The molecule has 2 N–H and O–H groups in total. The zero-order valence-electron chi connectivity index (χ0n) is 9.35. The molecular formula is C11H13Cl2F3N2. The van der Waals surface area contributed by atoms with E-state index in [1.54, 1.807) is 0 Å². The minimum Gasteiger partial charge on any atom is -0.314 e. The zero-order valence-corrected chi connectivity index (χ0v) is 10.9. The Morgan fingerprint density at radius 2 is 1.94 bits per heavy atom. The van der Waals surface area contributed by atoms with Crippen LogP contribution in [0.25, 0.3) is 0 Å². The number of piperazine rings is 1. The van der Waals surface area contributed by atoms with Crippen molar-refractivity contribution < 1.29 is 13.2 Å². The summed E-state index contributed by atoms with van der Waals surface area (Å²) < 4.78 is 38.6. The van der Waals surface area contributed by atoms with E-state index in [4.69, 9.17) is 11.6 Å². The molecule has 0 unspecified atom stereocenters. The van der Waals surface area contributed by atoms with E-state index in [2.05, 4.69) is 10.6 Å². The Morgan fingerprint density at radius 3 is 2.50 bits per heavy atom. The monoisotopic (exact) mass is 300 g/mol. The Kier molecular flexibility index (Phi) is 5.28. The second kappa shape index (κ2) is 6.10. The zero-order chi connectivity index (χ0) is 12.5. The van der Waals surface area contributed by atoms with Crippen LogP contribution >= 0.6 is 24.0 Å². The van der Waals surface area contributed by atoms with Crippen LogP contribution in [-0.2, 0) is 6.18 Å². The molecule has 0 aromatic heterocycles. The van der Waals surface area contributed by atoms with E-state index in [1.807, 2.05) is 0 Å². The molecule has 0 aliphatic carbocycles. The van der Waals surface area contributed by atoms with Gasteiger partial charge in [-0.3, -0.25) is 0 Å². The molecule has 2 rings (SSSR count). The first-order valence-electron chi connectivity index (χ1n) is 5.30. The largest absolute Gasteiger partial charge is 0.416 e. The van der Waals surface area contributed by atoms with Crippen molar-refractivity contribution in [2.45, 2.75) is 12.2 Å². The van der Waals surface area contributed by atoms with Gasteiger partial charge in [0, 0.05) is 36.3 Å². The molecule has 1 aliphatic rings. The fraction of sp³-hybridized carbons (Fsp3) is 0.455. The fourth-order valence-electron chi connectivity index (χ4n) is 2.00. The summed E-state index contributed by atoms with van der Waals surface area (Å²) in [4.78, 5) is 0. The van der Waals surface area contributed by atoms with Gasteiger partial charge in [0.2, 0.25) is 0 Å². The van der Waals surface area contributed by atoms with Crippen LogP contribution in [-0.4, -0.2) is 19.6 Å². The normalized spacial score (nSPS) is 20.3. The van der Waals surface area contributed by atoms with Gasteiger partial charge in [-0.15, -0.1) is 12.4 Å². The number of alkyl halides is 3. The van der Waals surface area contributed by atoms with E-state index in [0.29, 0.717) is 13.1 Å². The van der Waals surface area contributed by atoms with Crippen LogP contribution in [0.4, 0.5) is 13.2 Å². The topological polar surface area (TPSA) is 24.1 Å². The molecule has 1 aromatic rings. The van der Waals surface area contributed by atoms with Crippen molar-refractivity contribution in [2.24, 2.45) is 0 Å². The number of hydrogen-bond donors (Lipinski definition) is 2. The van der Waals surface area contributed by atoms with Gasteiger partial charge in [-0.05, 0) is 12.1 Å². The molecule has 7 heteroatoms. The average molecular weight is 301 g/mol. The highest BCUT2D eigenvalue weighted by Crippen LogP contribution is 2.38. The smallest absolute Gasteiger partial charge is 0.314 e. The third kappa shape index (κ3) is 3.29. The van der Waals surface area contributed by atoms with Crippen molar-refractivity contribution in [3.8, 4) is 0 Å². The van der Waals surface area contributed by atoms with Gasteiger partial charge in [-0.25, -0.2) is 0 Å². The van der Waals surface area contributed by atoms with Gasteiger partial charge in [0.25, 0.3) is 0 Å². The molecule has 1 fully saturated rings. The number of nitrogens with one attached hydrogen (secondary N) is 2. The summed E-state index contributed by atoms with van der Waals surface area (Å²) in [5.41, 5.74) is -0.528. The Balaban J connectivity index is 0.00000162. The number of halogens is 5. The molecule has 1 aliphatic heterocycles. The first-order chi connectivity index (χ1) is 8.00. The standard InChI is InChI=1S/C11H12ClF3N2.ClH/c12-8-3-1-2-7(11(13,14)15)10(8)9-6-16-4-5-17-9;/h1-3,9,16-17H,4-6H2;1H/t9-;/m1./s1. The van der Waals surface area contributed by atoms with Crippen LogP contribution in [0.3, 0.4) is 0 Å². The van der Waals surface area contributed by atoms with E-state index in [0.717, 1.165) is 12.6 Å². The first kappa shape index (κ1) is 15.6. The molecule has 0 spiro atoms. The maximum atomic E-state index is 12.9. The molecule has 1 atom stereocenters. The summed E-state index contributed by atoms with van der Waals surface area (Å²) in [6.45, 7) is 1.84. The van der Waals surface area contributed by atoms with E-state index >= 15 is 0 Å². The SMILES string of the molecule is Cl.FC(F)(F)c1cccc(Cl)c1[C@H]1CNCCN1. The van der Waals surface area contributed by atoms with Crippen LogP contribution in [0.2, 0.25) is 5.02 Å². The lowest BCUT2D eigenvalue weighted by molar-refractivity contribution is -0.138. The van der Waals surface area contributed by atoms with E-state index in [-0.39, 0.29) is 23.0 Å². The summed E-state index contributed by atoms with van der Waals surface area (Å²) in [6.07, 6.45) is -4.38. The maximum Gasteiger partial charge on any atom is 0.416 e. The van der Waals surface area contributed by atoms with Crippen molar-refractivity contribution in [1.82, 2.24) is 10.6 Å². The van der Waals surface area contributed by atoms with Gasteiger partial charge in [0.1, 0.15) is 0 Å². The van der Waals surface area contributed by atoms with Crippen LogP contribution in [0.1, 0.15) is 17.2 Å². The molecule has 1 heterocycles. The highest BCUT2D eigenvalue weighted by atomic mass is 35.5. The molecule has 0 bridgehead atoms. The molecule has 1 aromatic carbocycles. The van der Waals surface area contributed by atoms with Crippen molar-refractivity contribution in [3.63, 3.8) is 0 Å². The van der Waals surface area contributed by atoms with Gasteiger partial charge in [0.15, 0.2) is 0 Å². The summed E-state index contributed by atoms with van der Waals surface area (Å²) in [7, 11) is 0. The number of rotatable bonds is 1. The molecule has 2 nitrogen and oxygen atoms in total. The third-order valence-corrected chi connectivity index (χ3v) is 3.08. The molecule has 18 heavy (non-hydrogen) atoms. The first-order valence-corrected chi connectivity index (χ1v) is 5.67. The second-order valence-corrected chi connectivity index (χ2v) is 4.32. The number of benzene rings is 1. The van der Waals surface area contributed by atoms with Crippen molar-refractivity contribution in [2.75, 3.05) is 19.6 Å². The second-order valence-electron chi connectivity index (χ2n) is 3.91. The highest BCUT2D eigenvalue weighted by molar-refractivity contribution is 6.31. The Morgan fingerprint density at radius 1 is 1.22 bits per heavy atom. The quantitative estimate of drug-likeness (QED) is 0.833. The minimum absolute atomic E-state index is 0. The van der Waals surface area contributed by atoms with Gasteiger partial charge in [0.05, 0.1) is 5.56 Å². The summed E-state index contributed by atoms with van der Waals surface area (Å²) in [5.74, 6) is 0. The van der Waals surface area contributed by atoms with Gasteiger partial charge in [-0.2, -0.15) is 13.2 Å². The minimum atomic E-state index is -4.38. The summed E-state index contributed by atoms with van der Waals surface area (Å²) in [6, 6.07) is 3.49. The predicted molar refractivity (Wildman–Crippen MR) is 67.3 cm³/mol. The molecule has 1 saturated heterocycles. The lowest BCUT2D eigenvalue weighted by atomic mass is 9.98. The fourth-order valence-corrected chi connectivity index (χ4v) is 2.30. The molecule has 0 amide bonds. The van der Waals surface area contributed by atoms with Gasteiger partial charge >= 0.3 is 6.18 Å². The molecule has 0 radical (unpaired) electrons. The van der Waals surface area contributed by atoms with E-state index in [1.165, 1.54) is 12.1 Å². The average Bonchev–Trinajstić information content (AvgIpc) is 2.28. The van der Waals surface area contributed by atoms with Crippen molar-refractivity contribution in [1.29, 1.82) is 0 Å². The van der Waals surface area contributed by atoms with Gasteiger partial charge in [-0.1, -0.05) is 17.7 Å². The Labute approximate surface area is 114 Å². The van der Waals surface area contributed by atoms with Crippen LogP contribution in [0.5, 0.6) is 0 Å². The molecule has 0 saturated carbocycles. The Bertz CT molecular complexity index is 404. The van der Waals surface area contributed by atoms with Crippen molar-refractivity contribution in [3.05, 3.63) is 34.3 Å². The predicted octanol–water partition coefficient (Wildman–Crippen LogP) is 3.01. The lowest BCUT2D eigenvalue weighted by Gasteiger charge is -2.28. The van der Waals surface area contributed by atoms with Crippen LogP contribution in [0.15, 0.2) is 18.2 Å². The number of hydrogen-bond acceptors (Lipinski definition) is 2. The van der Waals surface area contributed by atoms with E-state index in [9.17, 15) is 13.2 Å². The highest BCUT2D eigenvalue weighted by Gasteiger charge is 2.36. The lowest BCUT2D eigenvalue weighted by Crippen LogP contribution is -2.43. The van der Waals surface area contributed by atoms with E-state index < -0.39 is 17.8 Å². The Hall–Kier alpha value is -0.490. The molecular weight excluding hydrogens is 288 g/mol. The maximum absolute atomic E-state index is 12.9. The molecule has 102 valence electrons. The van der Waals surface area contributed by atoms with Gasteiger partial charge < -0.3 is 10.6 Å². The van der Waals surface area contributed by atoms with Crippen LogP contribution < -0.4 is 10.6 Å².